The van der Waals surface area contributed by atoms with Crippen molar-refractivity contribution < 1.29 is 0 Å². The van der Waals surface area contributed by atoms with Gasteiger partial charge in [0, 0.05) is 26.2 Å². The number of aryl methyl sites for hydroxylation is 1. The Morgan fingerprint density at radius 1 is 1.03 bits per heavy atom. The molecule has 4 aromatic rings. The number of nitrogens with zero attached hydrogens (tertiary/aromatic N) is 4. The van der Waals surface area contributed by atoms with E-state index in [0.717, 1.165) is 22.4 Å². The van der Waals surface area contributed by atoms with Crippen LogP contribution in [0.2, 0.25) is 0 Å². The van der Waals surface area contributed by atoms with Gasteiger partial charge in [0.2, 0.25) is 4.96 Å². The van der Waals surface area contributed by atoms with Crippen molar-refractivity contribution in [1.82, 2.24) is 14.6 Å². The summed E-state index contributed by atoms with van der Waals surface area (Å²) in [6.07, 6.45) is 2.14. The normalized spacial score (nSPS) is 11.9. The van der Waals surface area contributed by atoms with Crippen LogP contribution in [0.15, 0.2) is 58.1 Å². The minimum Gasteiger partial charge on any atom is -0.378 e. The van der Waals surface area contributed by atoms with Gasteiger partial charge in [-0.05, 0) is 36.3 Å². The molecule has 6 nitrogen and oxygen atoms in total. The van der Waals surface area contributed by atoms with E-state index in [2.05, 4.69) is 10.1 Å². The first-order valence-electron chi connectivity index (χ1n) is 9.18. The Bertz CT molecular complexity index is 1340. The maximum atomic E-state index is 12.8. The number of anilines is 1. The average molecular weight is 404 g/mol. The zero-order valence-electron chi connectivity index (χ0n) is 16.4. The van der Waals surface area contributed by atoms with E-state index in [1.165, 1.54) is 15.9 Å². The van der Waals surface area contributed by atoms with E-state index in [1.54, 1.807) is 6.08 Å². The summed E-state index contributed by atoms with van der Waals surface area (Å²) in [7, 11) is 3.95. The quantitative estimate of drug-likeness (QED) is 0.521. The molecule has 0 bridgehead atoms. The fourth-order valence-corrected chi connectivity index (χ4v) is 3.88. The van der Waals surface area contributed by atoms with E-state index in [1.807, 2.05) is 74.4 Å². The van der Waals surface area contributed by atoms with Crippen LogP contribution in [0.4, 0.5) is 5.69 Å². The zero-order valence-corrected chi connectivity index (χ0v) is 17.2. The van der Waals surface area contributed by atoms with Gasteiger partial charge in [-0.2, -0.15) is 14.6 Å². The van der Waals surface area contributed by atoms with Crippen molar-refractivity contribution in [2.45, 2.75) is 13.3 Å². The molecular weight excluding hydrogens is 384 g/mol. The fourth-order valence-electron chi connectivity index (χ4n) is 2.97. The summed E-state index contributed by atoms with van der Waals surface area (Å²) in [5.74, 6) is 0. The third kappa shape index (κ3) is 3.95. The average Bonchev–Trinajstić information content (AvgIpc) is 2.99. The summed E-state index contributed by atoms with van der Waals surface area (Å²) in [6.45, 7) is 2.01. The number of fused-ring (bicyclic) bond motifs is 1. The minimum absolute atomic E-state index is 0.264. The van der Waals surface area contributed by atoms with Crippen LogP contribution in [0.25, 0.3) is 11.0 Å². The molecule has 2 heterocycles. The van der Waals surface area contributed by atoms with Crippen LogP contribution >= 0.6 is 11.3 Å². The highest BCUT2D eigenvalue weighted by molar-refractivity contribution is 7.15. The molecule has 0 spiro atoms. The highest BCUT2D eigenvalue weighted by atomic mass is 32.1. The molecule has 0 N–H and O–H groups in total. The molecule has 0 radical (unpaired) electrons. The summed E-state index contributed by atoms with van der Waals surface area (Å²) in [4.78, 5) is 31.6. The lowest BCUT2D eigenvalue weighted by molar-refractivity contribution is 0.811. The molecule has 2 aromatic carbocycles. The van der Waals surface area contributed by atoms with Crippen LogP contribution in [-0.4, -0.2) is 28.7 Å². The van der Waals surface area contributed by atoms with Crippen molar-refractivity contribution >= 4 is 28.1 Å². The number of hydrogen-bond donors (Lipinski definition) is 0. The van der Waals surface area contributed by atoms with Crippen molar-refractivity contribution in [2.75, 3.05) is 19.0 Å². The van der Waals surface area contributed by atoms with Crippen molar-refractivity contribution in [2.24, 2.45) is 0 Å². The Morgan fingerprint density at radius 3 is 2.38 bits per heavy atom. The van der Waals surface area contributed by atoms with E-state index in [9.17, 15) is 9.59 Å². The summed E-state index contributed by atoms with van der Waals surface area (Å²) in [6, 6.07) is 15.8. The monoisotopic (exact) mass is 404 g/mol. The van der Waals surface area contributed by atoms with Crippen LogP contribution in [0, 0.1) is 6.92 Å². The highest BCUT2D eigenvalue weighted by Crippen LogP contribution is 2.13. The molecule has 2 aromatic heterocycles. The minimum atomic E-state index is -0.395. The van der Waals surface area contributed by atoms with Crippen LogP contribution in [0.3, 0.4) is 0 Å². The predicted molar refractivity (Wildman–Crippen MR) is 117 cm³/mol. The highest BCUT2D eigenvalue weighted by Gasteiger charge is 2.11. The van der Waals surface area contributed by atoms with Gasteiger partial charge in [0.05, 0.1) is 4.53 Å². The second-order valence-corrected chi connectivity index (χ2v) is 8.13. The van der Waals surface area contributed by atoms with E-state index in [0.29, 0.717) is 15.9 Å². The van der Waals surface area contributed by atoms with Crippen molar-refractivity contribution in [1.29, 1.82) is 0 Å². The summed E-state index contributed by atoms with van der Waals surface area (Å²) in [5, 5.41) is 4.30. The van der Waals surface area contributed by atoms with Crippen LogP contribution in [0.5, 0.6) is 0 Å². The molecule has 0 amide bonds. The number of thiazole rings is 1. The molecule has 0 aliphatic heterocycles. The van der Waals surface area contributed by atoms with E-state index < -0.39 is 5.56 Å². The second-order valence-electron chi connectivity index (χ2n) is 7.12. The Morgan fingerprint density at radius 2 is 1.72 bits per heavy atom. The molecule has 0 aliphatic carbocycles. The fraction of sp³-hybridized carbons (Fsp3) is 0.182. The standard InChI is InChI=1S/C22H20N4O2S/c1-14-4-6-15(7-5-14)12-18-20(27)23-22-26(24-18)21(28)19(29-22)13-16-8-10-17(11-9-16)25(2)3/h4-11,13H,12H2,1-3H3/b19-13+. The van der Waals surface area contributed by atoms with Gasteiger partial charge in [-0.1, -0.05) is 53.3 Å². The number of benzene rings is 2. The van der Waals surface area contributed by atoms with Gasteiger partial charge < -0.3 is 4.90 Å². The van der Waals surface area contributed by atoms with Gasteiger partial charge in [0.25, 0.3) is 11.1 Å². The Kier molecular flexibility index (Phi) is 4.98. The Balaban J connectivity index is 1.74. The number of rotatable bonds is 4. The van der Waals surface area contributed by atoms with Crippen LogP contribution in [-0.2, 0) is 6.42 Å². The SMILES string of the molecule is Cc1ccc(Cc2nn3c(=O)/c(=C\c4ccc(N(C)C)cc4)sc3nc2=O)cc1. The lowest BCUT2D eigenvalue weighted by atomic mass is 10.1. The molecule has 0 atom stereocenters. The van der Waals surface area contributed by atoms with Gasteiger partial charge >= 0.3 is 0 Å². The molecule has 0 saturated heterocycles. The van der Waals surface area contributed by atoms with Gasteiger partial charge in [-0.3, -0.25) is 9.59 Å². The molecule has 0 fully saturated rings. The third-order valence-electron chi connectivity index (χ3n) is 4.65. The topological polar surface area (TPSA) is 67.6 Å². The van der Waals surface area contributed by atoms with Crippen molar-refractivity contribution in [3.05, 3.63) is 96.2 Å². The van der Waals surface area contributed by atoms with Crippen LogP contribution in [0.1, 0.15) is 22.4 Å². The molecule has 29 heavy (non-hydrogen) atoms. The molecular formula is C22H20N4O2S. The maximum Gasteiger partial charge on any atom is 0.296 e. The maximum absolute atomic E-state index is 12.8. The molecule has 4 rings (SSSR count). The molecule has 146 valence electrons. The molecule has 0 unspecified atom stereocenters. The largest absolute Gasteiger partial charge is 0.378 e. The zero-order chi connectivity index (χ0) is 20.5. The molecule has 7 heteroatoms. The van der Waals surface area contributed by atoms with E-state index in [-0.39, 0.29) is 11.3 Å². The van der Waals surface area contributed by atoms with Crippen molar-refractivity contribution in [3.63, 3.8) is 0 Å². The first kappa shape index (κ1) is 19.0. The van der Waals surface area contributed by atoms with Crippen LogP contribution < -0.4 is 20.6 Å². The third-order valence-corrected chi connectivity index (χ3v) is 5.61. The van der Waals surface area contributed by atoms with Gasteiger partial charge in [0.15, 0.2) is 0 Å². The van der Waals surface area contributed by atoms with Crippen molar-refractivity contribution in [3.8, 4) is 0 Å². The first-order chi connectivity index (χ1) is 13.9. The smallest absolute Gasteiger partial charge is 0.296 e. The second kappa shape index (κ2) is 7.60. The van der Waals surface area contributed by atoms with Gasteiger partial charge in [-0.25, -0.2) is 0 Å². The predicted octanol–water partition coefficient (Wildman–Crippen LogP) is 2.02. The Labute approximate surface area is 171 Å². The lowest BCUT2D eigenvalue weighted by Gasteiger charge is -2.11. The Hall–Kier alpha value is -3.32. The summed E-state index contributed by atoms with van der Waals surface area (Å²) in [5.41, 5.74) is 3.69. The lowest BCUT2D eigenvalue weighted by Crippen LogP contribution is -2.28. The summed E-state index contributed by atoms with van der Waals surface area (Å²) >= 11 is 1.17. The molecule has 0 saturated carbocycles. The summed E-state index contributed by atoms with van der Waals surface area (Å²) < 4.78 is 1.73. The number of hydrogen-bond acceptors (Lipinski definition) is 6. The van der Waals surface area contributed by atoms with E-state index >= 15 is 0 Å². The number of aromatic nitrogens is 3. The molecule has 0 aliphatic rings. The first-order valence-corrected chi connectivity index (χ1v) is 10.00. The van der Waals surface area contributed by atoms with E-state index in [4.69, 9.17) is 0 Å². The van der Waals surface area contributed by atoms with Gasteiger partial charge in [-0.15, -0.1) is 0 Å². The van der Waals surface area contributed by atoms with Gasteiger partial charge in [0.1, 0.15) is 5.69 Å².